The highest BCUT2D eigenvalue weighted by atomic mass is 32.2. The fourth-order valence-electron chi connectivity index (χ4n) is 1.24. The van der Waals surface area contributed by atoms with E-state index in [9.17, 15) is 0 Å². The second-order valence-electron chi connectivity index (χ2n) is 3.08. The van der Waals surface area contributed by atoms with Crippen LogP contribution in [0.4, 0.5) is 0 Å². The number of aryl methyl sites for hydroxylation is 1. The van der Waals surface area contributed by atoms with Gasteiger partial charge in [0, 0.05) is 25.4 Å². The van der Waals surface area contributed by atoms with Gasteiger partial charge in [-0.25, -0.2) is 4.98 Å². The highest BCUT2D eigenvalue weighted by molar-refractivity contribution is 7.99. The van der Waals surface area contributed by atoms with Crippen molar-refractivity contribution < 1.29 is 0 Å². The molecule has 7 heteroatoms. The van der Waals surface area contributed by atoms with Crippen LogP contribution in [-0.2, 0) is 7.05 Å². The van der Waals surface area contributed by atoms with Crippen LogP contribution < -0.4 is 5.73 Å². The monoisotopic (exact) mass is 224 g/mol. The lowest BCUT2D eigenvalue weighted by Gasteiger charge is -2.09. The Morgan fingerprint density at radius 3 is 3.07 bits per heavy atom. The Morgan fingerprint density at radius 1 is 1.67 bits per heavy atom. The first-order chi connectivity index (χ1) is 7.29. The Bertz CT molecular complexity index is 408. The van der Waals surface area contributed by atoms with Crippen LogP contribution in [0.15, 0.2) is 23.9 Å². The highest BCUT2D eigenvalue weighted by Gasteiger charge is 2.14. The number of H-pyrrole nitrogens is 1. The van der Waals surface area contributed by atoms with Gasteiger partial charge in [-0.2, -0.15) is 10.2 Å². The lowest BCUT2D eigenvalue weighted by molar-refractivity contribution is 0.766. The number of thioether (sulfide) groups is 1. The first-order valence-electron chi connectivity index (χ1n) is 4.50. The van der Waals surface area contributed by atoms with E-state index in [4.69, 9.17) is 5.73 Å². The van der Waals surface area contributed by atoms with E-state index in [0.717, 1.165) is 10.7 Å². The van der Waals surface area contributed by atoms with Crippen LogP contribution in [0.25, 0.3) is 0 Å². The predicted octanol–water partition coefficient (Wildman–Crippen LogP) is 0.330. The van der Waals surface area contributed by atoms with Crippen LogP contribution in [0.2, 0.25) is 0 Å². The van der Waals surface area contributed by atoms with Gasteiger partial charge in [-0.15, -0.1) is 0 Å². The number of hydrogen-bond donors (Lipinski definition) is 2. The third-order valence-corrected chi connectivity index (χ3v) is 3.13. The lowest BCUT2D eigenvalue weighted by atomic mass is 10.2. The number of hydrogen-bond acceptors (Lipinski definition) is 5. The summed E-state index contributed by atoms with van der Waals surface area (Å²) in [5.74, 6) is 0. The van der Waals surface area contributed by atoms with Crippen molar-refractivity contribution in [2.24, 2.45) is 12.8 Å². The van der Waals surface area contributed by atoms with Crippen molar-refractivity contribution in [3.05, 3.63) is 24.3 Å². The molecule has 0 aliphatic heterocycles. The summed E-state index contributed by atoms with van der Waals surface area (Å²) < 4.78 is 1.76. The molecule has 2 aromatic heterocycles. The maximum absolute atomic E-state index is 5.71. The summed E-state index contributed by atoms with van der Waals surface area (Å²) in [4.78, 5) is 4.05. The van der Waals surface area contributed by atoms with Gasteiger partial charge >= 0.3 is 0 Å². The van der Waals surface area contributed by atoms with E-state index in [0.29, 0.717) is 6.54 Å². The maximum Gasteiger partial charge on any atom is 0.184 e. The van der Waals surface area contributed by atoms with E-state index in [1.807, 2.05) is 19.4 Å². The molecule has 0 fully saturated rings. The van der Waals surface area contributed by atoms with Crippen molar-refractivity contribution >= 4 is 11.8 Å². The molecule has 0 bridgehead atoms. The Labute approximate surface area is 91.3 Å². The van der Waals surface area contributed by atoms with Crippen molar-refractivity contribution in [1.82, 2.24) is 25.0 Å². The van der Waals surface area contributed by atoms with Crippen LogP contribution in [0.5, 0.6) is 0 Å². The average molecular weight is 224 g/mol. The third-order valence-electron chi connectivity index (χ3n) is 1.96. The number of aromatic amines is 1. The zero-order valence-electron chi connectivity index (χ0n) is 8.29. The Kier molecular flexibility index (Phi) is 3.02. The van der Waals surface area contributed by atoms with Crippen molar-refractivity contribution in [2.45, 2.75) is 10.4 Å². The quantitative estimate of drug-likeness (QED) is 0.731. The summed E-state index contributed by atoms with van der Waals surface area (Å²) >= 11 is 1.55. The summed E-state index contributed by atoms with van der Waals surface area (Å²) in [7, 11) is 1.89. The zero-order chi connectivity index (χ0) is 10.7. The van der Waals surface area contributed by atoms with Gasteiger partial charge in [0.15, 0.2) is 5.16 Å². The molecule has 0 saturated heterocycles. The minimum absolute atomic E-state index is 0.159. The average Bonchev–Trinajstić information content (AvgIpc) is 2.85. The Hall–Kier alpha value is -1.34. The minimum Gasteiger partial charge on any atom is -0.329 e. The van der Waals surface area contributed by atoms with Gasteiger partial charge in [-0.05, 0) is 0 Å². The standard InChI is InChI=1S/C8H12N6S/c1-14-4-6(3-12-14)7(2-9)15-8-10-5-11-13-8/h3-5,7H,2,9H2,1H3,(H,10,11,13). The second kappa shape index (κ2) is 4.45. The van der Waals surface area contributed by atoms with E-state index in [1.165, 1.54) is 6.33 Å². The second-order valence-corrected chi connectivity index (χ2v) is 4.27. The van der Waals surface area contributed by atoms with Crippen molar-refractivity contribution in [3.63, 3.8) is 0 Å². The number of nitrogens with one attached hydrogen (secondary N) is 1. The molecular formula is C8H12N6S. The van der Waals surface area contributed by atoms with Gasteiger partial charge in [-0.1, -0.05) is 11.8 Å². The summed E-state index contributed by atoms with van der Waals surface area (Å²) in [6.07, 6.45) is 5.26. The molecule has 0 aliphatic carbocycles. The number of nitrogens with zero attached hydrogens (tertiary/aromatic N) is 4. The van der Waals surface area contributed by atoms with Gasteiger partial charge in [0.05, 0.1) is 11.4 Å². The van der Waals surface area contributed by atoms with Crippen LogP contribution in [-0.4, -0.2) is 31.5 Å². The van der Waals surface area contributed by atoms with Crippen LogP contribution in [0, 0.1) is 0 Å². The molecule has 0 aromatic carbocycles. The fourth-order valence-corrected chi connectivity index (χ4v) is 2.08. The number of nitrogens with two attached hydrogens (primary N) is 1. The van der Waals surface area contributed by atoms with Gasteiger partial charge in [0.1, 0.15) is 6.33 Å². The molecular weight excluding hydrogens is 212 g/mol. The maximum atomic E-state index is 5.71. The molecule has 0 radical (unpaired) electrons. The van der Waals surface area contributed by atoms with Gasteiger partial charge < -0.3 is 5.73 Å². The molecule has 0 aliphatic rings. The summed E-state index contributed by atoms with van der Waals surface area (Å²) in [5.41, 5.74) is 6.81. The largest absolute Gasteiger partial charge is 0.329 e. The smallest absolute Gasteiger partial charge is 0.184 e. The van der Waals surface area contributed by atoms with Crippen molar-refractivity contribution in [3.8, 4) is 0 Å². The van der Waals surface area contributed by atoms with E-state index in [1.54, 1.807) is 16.4 Å². The van der Waals surface area contributed by atoms with E-state index in [-0.39, 0.29) is 5.25 Å². The minimum atomic E-state index is 0.159. The Balaban J connectivity index is 2.11. The molecule has 2 aromatic rings. The molecule has 6 nitrogen and oxygen atoms in total. The van der Waals surface area contributed by atoms with Crippen LogP contribution >= 0.6 is 11.8 Å². The molecule has 3 N–H and O–H groups in total. The molecule has 15 heavy (non-hydrogen) atoms. The predicted molar refractivity (Wildman–Crippen MR) is 57.2 cm³/mol. The molecule has 0 spiro atoms. The van der Waals surface area contributed by atoms with Crippen LogP contribution in [0.1, 0.15) is 10.8 Å². The fraction of sp³-hybridized carbons (Fsp3) is 0.375. The van der Waals surface area contributed by atoms with E-state index in [2.05, 4.69) is 20.3 Å². The van der Waals surface area contributed by atoms with Crippen molar-refractivity contribution in [2.75, 3.05) is 6.54 Å². The van der Waals surface area contributed by atoms with Gasteiger partial charge in [-0.3, -0.25) is 9.78 Å². The third kappa shape index (κ3) is 2.37. The first kappa shape index (κ1) is 10.2. The SMILES string of the molecule is Cn1cc(C(CN)Sc2ncn[nH]2)cn1. The first-order valence-corrected chi connectivity index (χ1v) is 5.38. The van der Waals surface area contributed by atoms with E-state index < -0.39 is 0 Å². The van der Waals surface area contributed by atoms with Gasteiger partial charge in [0.25, 0.3) is 0 Å². The molecule has 1 unspecified atom stereocenters. The summed E-state index contributed by atoms with van der Waals surface area (Å²) in [5, 5.41) is 11.6. The molecule has 2 rings (SSSR count). The molecule has 1 atom stereocenters. The van der Waals surface area contributed by atoms with Crippen LogP contribution in [0.3, 0.4) is 0 Å². The molecule has 80 valence electrons. The van der Waals surface area contributed by atoms with E-state index >= 15 is 0 Å². The zero-order valence-corrected chi connectivity index (χ0v) is 9.11. The highest BCUT2D eigenvalue weighted by Crippen LogP contribution is 2.31. The number of aromatic nitrogens is 5. The topological polar surface area (TPSA) is 85.4 Å². The lowest BCUT2D eigenvalue weighted by Crippen LogP contribution is -2.09. The molecule has 0 amide bonds. The van der Waals surface area contributed by atoms with Crippen molar-refractivity contribution in [1.29, 1.82) is 0 Å². The summed E-state index contributed by atoms with van der Waals surface area (Å²) in [6, 6.07) is 0. The summed E-state index contributed by atoms with van der Waals surface area (Å²) in [6.45, 7) is 0.539. The number of rotatable bonds is 4. The molecule has 0 saturated carbocycles. The van der Waals surface area contributed by atoms with Gasteiger partial charge in [0.2, 0.25) is 0 Å². The normalized spacial score (nSPS) is 12.9. The Morgan fingerprint density at radius 2 is 2.53 bits per heavy atom. The molecule has 2 heterocycles.